The molecule has 11 heavy (non-hydrogen) atoms. The predicted molar refractivity (Wildman–Crippen MR) is 48.8 cm³/mol. The molecule has 1 rings (SSSR count). The van der Waals surface area contributed by atoms with Crippen LogP contribution in [-0.2, 0) is 4.79 Å². The summed E-state index contributed by atoms with van der Waals surface area (Å²) in [5.74, 6) is 0.288. The van der Waals surface area contributed by atoms with Crippen LogP contribution in [0.15, 0.2) is 0 Å². The third-order valence-corrected chi connectivity index (χ3v) is 3.36. The molecule has 3 heteroatoms. The van der Waals surface area contributed by atoms with E-state index in [0.29, 0.717) is 0 Å². The van der Waals surface area contributed by atoms with Crippen LogP contribution in [0, 0.1) is 0 Å². The molecule has 1 heterocycles. The average molecular weight is 173 g/mol. The molecule has 1 amide bonds. The minimum atomic E-state index is -0.222. The molecule has 64 valence electrons. The third kappa shape index (κ3) is 1.70. The van der Waals surface area contributed by atoms with Crippen molar-refractivity contribution in [1.82, 2.24) is 4.90 Å². The van der Waals surface area contributed by atoms with Crippen molar-refractivity contribution in [2.75, 3.05) is 19.3 Å². The Labute approximate surface area is 72.3 Å². The number of likely N-dealkylation sites (tertiary alicyclic amines) is 1. The molecule has 1 aliphatic heterocycles. The van der Waals surface area contributed by atoms with Gasteiger partial charge in [-0.05, 0) is 26.5 Å². The number of carbonyl (C=O) groups is 1. The molecule has 0 N–H and O–H groups in total. The molecule has 0 radical (unpaired) electrons. The largest absolute Gasteiger partial charge is 0.341 e. The summed E-state index contributed by atoms with van der Waals surface area (Å²) >= 11 is 1.62. The van der Waals surface area contributed by atoms with E-state index >= 15 is 0 Å². The highest BCUT2D eigenvalue weighted by Crippen LogP contribution is 2.25. The zero-order valence-corrected chi connectivity index (χ0v) is 8.20. The van der Waals surface area contributed by atoms with Gasteiger partial charge >= 0.3 is 0 Å². The summed E-state index contributed by atoms with van der Waals surface area (Å²) in [6.45, 7) is 5.89. The maximum Gasteiger partial charge on any atom is 0.238 e. The van der Waals surface area contributed by atoms with Crippen LogP contribution in [0.1, 0.15) is 20.3 Å². The molecule has 0 aromatic carbocycles. The van der Waals surface area contributed by atoms with E-state index in [1.54, 1.807) is 11.8 Å². The summed E-state index contributed by atoms with van der Waals surface area (Å²) in [5.41, 5.74) is 0. The van der Waals surface area contributed by atoms with Gasteiger partial charge in [0.15, 0.2) is 0 Å². The maximum atomic E-state index is 11.6. The second-order valence-corrected chi connectivity index (χ2v) is 4.79. The first-order valence-electron chi connectivity index (χ1n) is 3.92. The molecule has 1 saturated heterocycles. The highest BCUT2D eigenvalue weighted by molar-refractivity contribution is 8.00. The van der Waals surface area contributed by atoms with E-state index in [1.165, 1.54) is 6.42 Å². The van der Waals surface area contributed by atoms with Crippen LogP contribution in [0.4, 0.5) is 0 Å². The molecule has 0 aromatic heterocycles. The second-order valence-electron chi connectivity index (χ2n) is 3.36. The Morgan fingerprint density at radius 1 is 1.45 bits per heavy atom. The lowest BCUT2D eigenvalue weighted by Crippen LogP contribution is -2.49. The fourth-order valence-electron chi connectivity index (χ4n) is 0.987. The van der Waals surface area contributed by atoms with Crippen molar-refractivity contribution in [3.63, 3.8) is 0 Å². The zero-order valence-electron chi connectivity index (χ0n) is 7.39. The first kappa shape index (κ1) is 8.91. The van der Waals surface area contributed by atoms with E-state index in [0.717, 1.165) is 13.1 Å². The first-order chi connectivity index (χ1) is 5.08. The van der Waals surface area contributed by atoms with Crippen molar-refractivity contribution in [3.8, 4) is 0 Å². The van der Waals surface area contributed by atoms with Gasteiger partial charge in [-0.25, -0.2) is 0 Å². The van der Waals surface area contributed by atoms with Gasteiger partial charge in [0.1, 0.15) is 0 Å². The summed E-state index contributed by atoms with van der Waals surface area (Å²) < 4.78 is -0.222. The Bertz CT molecular complexity index is 163. The quantitative estimate of drug-likeness (QED) is 0.628. The monoisotopic (exact) mass is 173 g/mol. The van der Waals surface area contributed by atoms with Gasteiger partial charge in [-0.3, -0.25) is 4.79 Å². The van der Waals surface area contributed by atoms with Gasteiger partial charge in [0.25, 0.3) is 0 Å². The summed E-state index contributed by atoms with van der Waals surface area (Å²) in [6.07, 6.45) is 3.16. The summed E-state index contributed by atoms with van der Waals surface area (Å²) in [4.78, 5) is 13.5. The van der Waals surface area contributed by atoms with Gasteiger partial charge in [0, 0.05) is 13.1 Å². The maximum absolute atomic E-state index is 11.6. The summed E-state index contributed by atoms with van der Waals surface area (Å²) in [5, 5.41) is 0. The smallest absolute Gasteiger partial charge is 0.238 e. The summed E-state index contributed by atoms with van der Waals surface area (Å²) in [7, 11) is 0. The molecule has 0 atom stereocenters. The fraction of sp³-hybridized carbons (Fsp3) is 0.875. The second kappa shape index (κ2) is 3.05. The number of hydrogen-bond acceptors (Lipinski definition) is 2. The molecular formula is C8H15NOS. The van der Waals surface area contributed by atoms with Crippen LogP contribution in [0.3, 0.4) is 0 Å². The molecular weight excluding hydrogens is 158 g/mol. The molecule has 0 aromatic rings. The van der Waals surface area contributed by atoms with Crippen LogP contribution in [0.2, 0.25) is 0 Å². The van der Waals surface area contributed by atoms with Gasteiger partial charge in [-0.2, -0.15) is 0 Å². The number of carbonyl (C=O) groups excluding carboxylic acids is 1. The van der Waals surface area contributed by atoms with Crippen LogP contribution in [0.5, 0.6) is 0 Å². The van der Waals surface area contributed by atoms with Gasteiger partial charge in [0.05, 0.1) is 4.75 Å². The van der Waals surface area contributed by atoms with Crippen LogP contribution < -0.4 is 0 Å². The number of rotatable bonds is 2. The van der Waals surface area contributed by atoms with Crippen LogP contribution in [-0.4, -0.2) is 34.9 Å². The Balaban J connectivity index is 2.51. The van der Waals surface area contributed by atoms with E-state index in [9.17, 15) is 4.79 Å². The Kier molecular flexibility index (Phi) is 2.47. The average Bonchev–Trinajstić information content (AvgIpc) is 1.84. The van der Waals surface area contributed by atoms with E-state index < -0.39 is 0 Å². The Morgan fingerprint density at radius 2 is 2.00 bits per heavy atom. The number of thioether (sulfide) groups is 1. The molecule has 0 unspecified atom stereocenters. The number of amides is 1. The van der Waals surface area contributed by atoms with Crippen molar-refractivity contribution in [2.45, 2.75) is 25.0 Å². The highest BCUT2D eigenvalue weighted by atomic mass is 32.2. The minimum Gasteiger partial charge on any atom is -0.341 e. The molecule has 0 saturated carbocycles. The minimum absolute atomic E-state index is 0.222. The lowest BCUT2D eigenvalue weighted by molar-refractivity contribution is -0.136. The molecule has 0 bridgehead atoms. The van der Waals surface area contributed by atoms with Crippen LogP contribution in [0.25, 0.3) is 0 Å². The van der Waals surface area contributed by atoms with Crippen molar-refractivity contribution in [2.24, 2.45) is 0 Å². The van der Waals surface area contributed by atoms with Crippen molar-refractivity contribution in [1.29, 1.82) is 0 Å². The van der Waals surface area contributed by atoms with Crippen molar-refractivity contribution < 1.29 is 4.79 Å². The normalized spacial score (nSPS) is 17.9. The first-order valence-corrected chi connectivity index (χ1v) is 5.15. The van der Waals surface area contributed by atoms with E-state index in [2.05, 4.69) is 0 Å². The SMILES string of the molecule is CSC(C)(C)C(=O)N1CCC1. The zero-order chi connectivity index (χ0) is 8.48. The predicted octanol–water partition coefficient (Wildman–Crippen LogP) is 1.36. The van der Waals surface area contributed by atoms with E-state index in [4.69, 9.17) is 0 Å². The standard InChI is InChI=1S/C8H15NOS/c1-8(2,11-3)7(10)9-5-4-6-9/h4-6H2,1-3H3. The van der Waals surface area contributed by atoms with Gasteiger partial charge in [-0.15, -0.1) is 11.8 Å². The number of nitrogens with zero attached hydrogens (tertiary/aromatic N) is 1. The molecule has 0 aliphatic carbocycles. The molecule has 2 nitrogen and oxygen atoms in total. The van der Waals surface area contributed by atoms with E-state index in [1.807, 2.05) is 25.0 Å². The topological polar surface area (TPSA) is 20.3 Å². The highest BCUT2D eigenvalue weighted by Gasteiger charge is 2.33. The summed E-state index contributed by atoms with van der Waals surface area (Å²) in [6, 6.07) is 0. The molecule has 1 aliphatic rings. The Morgan fingerprint density at radius 3 is 2.27 bits per heavy atom. The van der Waals surface area contributed by atoms with E-state index in [-0.39, 0.29) is 10.7 Å². The van der Waals surface area contributed by atoms with Gasteiger partial charge < -0.3 is 4.90 Å². The van der Waals surface area contributed by atoms with Gasteiger partial charge in [-0.1, -0.05) is 0 Å². The van der Waals surface area contributed by atoms with Crippen LogP contribution >= 0.6 is 11.8 Å². The number of hydrogen-bond donors (Lipinski definition) is 0. The van der Waals surface area contributed by atoms with Crippen molar-refractivity contribution in [3.05, 3.63) is 0 Å². The third-order valence-electron chi connectivity index (χ3n) is 2.17. The lowest BCUT2D eigenvalue weighted by Gasteiger charge is -2.36. The fourth-order valence-corrected chi connectivity index (χ4v) is 1.29. The lowest BCUT2D eigenvalue weighted by atomic mass is 10.1. The van der Waals surface area contributed by atoms with Gasteiger partial charge in [0.2, 0.25) is 5.91 Å². The molecule has 0 spiro atoms. The Hall–Kier alpha value is -0.180. The van der Waals surface area contributed by atoms with Crippen molar-refractivity contribution >= 4 is 17.7 Å². The molecule has 1 fully saturated rings.